The van der Waals surface area contributed by atoms with Gasteiger partial charge < -0.3 is 4.74 Å². The second-order valence-electron chi connectivity index (χ2n) is 6.53. The summed E-state index contributed by atoms with van der Waals surface area (Å²) in [7, 11) is 0. The molecule has 0 saturated heterocycles. The molecule has 0 atom stereocenters. The molecule has 1 fully saturated rings. The Morgan fingerprint density at radius 1 is 1.33 bits per heavy atom. The van der Waals surface area contributed by atoms with Crippen LogP contribution in [0, 0.1) is 5.41 Å². The van der Waals surface area contributed by atoms with Crippen LogP contribution in [0.25, 0.3) is 0 Å². The Balaban J connectivity index is 1.94. The van der Waals surface area contributed by atoms with Crippen LogP contribution in [-0.2, 0) is 4.79 Å². The summed E-state index contributed by atoms with van der Waals surface area (Å²) >= 11 is 0. The number of rotatable bonds is 5. The molecule has 0 aromatic heterocycles. The van der Waals surface area contributed by atoms with Gasteiger partial charge in [0.05, 0.1) is 0 Å². The standard InChI is InChI=1S/C19H26O2/c1-4-12-19(3)13-10-16(11-14-19)15-6-8-17(9-7-15)21-18(20)5-2/h5-9,16H,2,4,10-14H2,1,3H3. The fourth-order valence-corrected chi connectivity index (χ4v) is 3.47. The molecule has 0 N–H and O–H groups in total. The maximum atomic E-state index is 11.2. The Morgan fingerprint density at radius 3 is 2.48 bits per heavy atom. The molecule has 1 saturated carbocycles. The van der Waals surface area contributed by atoms with Gasteiger partial charge in [-0.15, -0.1) is 0 Å². The number of hydrogen-bond donors (Lipinski definition) is 0. The van der Waals surface area contributed by atoms with Crippen molar-refractivity contribution in [1.82, 2.24) is 0 Å². The summed E-state index contributed by atoms with van der Waals surface area (Å²) < 4.78 is 5.11. The molecule has 1 aliphatic rings. The third-order valence-corrected chi connectivity index (χ3v) is 4.78. The molecule has 2 heteroatoms. The van der Waals surface area contributed by atoms with Crippen LogP contribution in [0.1, 0.15) is 63.9 Å². The number of carbonyl (C=O) groups is 1. The van der Waals surface area contributed by atoms with Crippen molar-refractivity contribution in [2.45, 2.75) is 58.3 Å². The van der Waals surface area contributed by atoms with Crippen molar-refractivity contribution in [3.8, 4) is 5.75 Å². The first-order valence-corrected chi connectivity index (χ1v) is 8.00. The number of esters is 1. The van der Waals surface area contributed by atoms with E-state index in [-0.39, 0.29) is 0 Å². The average Bonchev–Trinajstić information content (AvgIpc) is 2.49. The first-order valence-electron chi connectivity index (χ1n) is 8.00. The van der Waals surface area contributed by atoms with E-state index in [1.807, 2.05) is 12.1 Å². The third-order valence-electron chi connectivity index (χ3n) is 4.78. The van der Waals surface area contributed by atoms with Gasteiger partial charge in [0.25, 0.3) is 0 Å². The van der Waals surface area contributed by atoms with Gasteiger partial charge in [-0.3, -0.25) is 0 Å². The van der Waals surface area contributed by atoms with E-state index in [0.29, 0.717) is 17.1 Å². The molecule has 0 amide bonds. The molecule has 0 radical (unpaired) electrons. The lowest BCUT2D eigenvalue weighted by molar-refractivity contribution is -0.128. The quantitative estimate of drug-likeness (QED) is 0.420. The normalized spacial score (nSPS) is 25.3. The van der Waals surface area contributed by atoms with Crippen molar-refractivity contribution < 1.29 is 9.53 Å². The van der Waals surface area contributed by atoms with E-state index in [9.17, 15) is 4.79 Å². The molecular formula is C19H26O2. The summed E-state index contributed by atoms with van der Waals surface area (Å²) in [5, 5.41) is 0. The van der Waals surface area contributed by atoms with Gasteiger partial charge in [0, 0.05) is 6.08 Å². The fourth-order valence-electron chi connectivity index (χ4n) is 3.47. The average molecular weight is 286 g/mol. The number of benzene rings is 1. The van der Waals surface area contributed by atoms with E-state index in [1.54, 1.807) is 0 Å². The van der Waals surface area contributed by atoms with Gasteiger partial charge in [0.1, 0.15) is 5.75 Å². The molecular weight excluding hydrogens is 260 g/mol. The van der Waals surface area contributed by atoms with Crippen LogP contribution >= 0.6 is 0 Å². The van der Waals surface area contributed by atoms with Crippen molar-refractivity contribution in [2.75, 3.05) is 0 Å². The lowest BCUT2D eigenvalue weighted by Gasteiger charge is -2.37. The van der Waals surface area contributed by atoms with Crippen molar-refractivity contribution in [2.24, 2.45) is 5.41 Å². The molecule has 21 heavy (non-hydrogen) atoms. The summed E-state index contributed by atoms with van der Waals surface area (Å²) in [6.45, 7) is 8.12. The highest BCUT2D eigenvalue weighted by molar-refractivity contribution is 5.83. The minimum atomic E-state index is -0.407. The van der Waals surface area contributed by atoms with Gasteiger partial charge in [-0.05, 0) is 61.1 Å². The zero-order valence-electron chi connectivity index (χ0n) is 13.2. The molecule has 2 rings (SSSR count). The van der Waals surface area contributed by atoms with Crippen LogP contribution < -0.4 is 4.74 Å². The lowest BCUT2D eigenvalue weighted by atomic mass is 9.68. The van der Waals surface area contributed by atoms with Gasteiger partial charge in [0.15, 0.2) is 0 Å². The van der Waals surface area contributed by atoms with E-state index < -0.39 is 5.97 Å². The van der Waals surface area contributed by atoms with Crippen LogP contribution in [0.15, 0.2) is 36.9 Å². The summed E-state index contributed by atoms with van der Waals surface area (Å²) in [5.41, 5.74) is 1.91. The van der Waals surface area contributed by atoms with Gasteiger partial charge in [-0.2, -0.15) is 0 Å². The van der Waals surface area contributed by atoms with Crippen LogP contribution in [-0.4, -0.2) is 5.97 Å². The first-order chi connectivity index (χ1) is 10.1. The van der Waals surface area contributed by atoms with Crippen LogP contribution in [0.5, 0.6) is 5.75 Å². The van der Waals surface area contributed by atoms with Crippen LogP contribution in [0.4, 0.5) is 0 Å². The van der Waals surface area contributed by atoms with Crippen molar-refractivity contribution in [3.63, 3.8) is 0 Å². The molecule has 2 nitrogen and oxygen atoms in total. The molecule has 0 spiro atoms. The molecule has 0 unspecified atom stereocenters. The van der Waals surface area contributed by atoms with Crippen LogP contribution in [0.2, 0.25) is 0 Å². The Hall–Kier alpha value is -1.57. The van der Waals surface area contributed by atoms with Gasteiger partial charge in [-0.1, -0.05) is 39.0 Å². The van der Waals surface area contributed by atoms with E-state index in [1.165, 1.54) is 50.2 Å². The highest BCUT2D eigenvalue weighted by atomic mass is 16.5. The maximum absolute atomic E-state index is 11.2. The van der Waals surface area contributed by atoms with Gasteiger partial charge >= 0.3 is 5.97 Å². The SMILES string of the molecule is C=CC(=O)Oc1ccc(C2CCC(C)(CCC)CC2)cc1. The smallest absolute Gasteiger partial charge is 0.335 e. The molecule has 0 heterocycles. The molecule has 1 aromatic rings. The van der Waals surface area contributed by atoms with Gasteiger partial charge in [-0.25, -0.2) is 4.79 Å². The zero-order valence-corrected chi connectivity index (χ0v) is 13.2. The number of ether oxygens (including phenoxy) is 1. The van der Waals surface area contributed by atoms with E-state index in [0.717, 1.165) is 0 Å². The zero-order chi connectivity index (χ0) is 15.3. The van der Waals surface area contributed by atoms with Gasteiger partial charge in [0.2, 0.25) is 0 Å². The summed E-state index contributed by atoms with van der Waals surface area (Å²) in [4.78, 5) is 11.2. The Kier molecular flexibility index (Phi) is 5.22. The summed E-state index contributed by atoms with van der Waals surface area (Å²) in [6, 6.07) is 7.96. The molecule has 0 aliphatic heterocycles. The minimum Gasteiger partial charge on any atom is -0.423 e. The Morgan fingerprint density at radius 2 is 1.95 bits per heavy atom. The minimum absolute atomic E-state index is 0.407. The predicted octanol–water partition coefficient (Wildman–Crippen LogP) is 5.24. The number of carbonyl (C=O) groups excluding carboxylic acids is 1. The maximum Gasteiger partial charge on any atom is 0.335 e. The third kappa shape index (κ3) is 4.20. The largest absolute Gasteiger partial charge is 0.423 e. The first kappa shape index (κ1) is 15.8. The molecule has 1 aliphatic carbocycles. The number of hydrogen-bond acceptors (Lipinski definition) is 2. The fraction of sp³-hybridized carbons (Fsp3) is 0.526. The second-order valence-corrected chi connectivity index (χ2v) is 6.53. The van der Waals surface area contributed by atoms with Crippen molar-refractivity contribution in [3.05, 3.63) is 42.5 Å². The molecule has 1 aromatic carbocycles. The van der Waals surface area contributed by atoms with Crippen molar-refractivity contribution in [1.29, 1.82) is 0 Å². The van der Waals surface area contributed by atoms with Crippen molar-refractivity contribution >= 4 is 5.97 Å². The van der Waals surface area contributed by atoms with E-state index in [2.05, 4.69) is 32.6 Å². The predicted molar refractivity (Wildman–Crippen MR) is 86.5 cm³/mol. The monoisotopic (exact) mass is 286 g/mol. The highest BCUT2D eigenvalue weighted by Crippen LogP contribution is 2.45. The lowest BCUT2D eigenvalue weighted by Crippen LogP contribution is -2.23. The molecule has 114 valence electrons. The highest BCUT2D eigenvalue weighted by Gasteiger charge is 2.30. The topological polar surface area (TPSA) is 26.3 Å². The summed E-state index contributed by atoms with van der Waals surface area (Å²) in [5.74, 6) is 0.838. The summed E-state index contributed by atoms with van der Waals surface area (Å²) in [6.07, 6.45) is 8.98. The second kappa shape index (κ2) is 6.93. The van der Waals surface area contributed by atoms with E-state index >= 15 is 0 Å². The Labute approximate surface area is 128 Å². The van der Waals surface area contributed by atoms with E-state index in [4.69, 9.17) is 4.74 Å². The Bertz CT molecular complexity index is 479. The molecule has 0 bridgehead atoms. The van der Waals surface area contributed by atoms with Crippen LogP contribution in [0.3, 0.4) is 0 Å².